The molecule has 2 amide bonds. The molecule has 3 rings (SSSR count). The number of aromatic nitrogens is 1. The fourth-order valence-corrected chi connectivity index (χ4v) is 3.50. The van der Waals surface area contributed by atoms with Crippen LogP contribution < -0.4 is 10.6 Å². The van der Waals surface area contributed by atoms with Crippen LogP contribution in [0, 0.1) is 0 Å². The van der Waals surface area contributed by atoms with E-state index >= 15 is 0 Å². The number of carboxylic acid groups (broad SMARTS) is 1. The van der Waals surface area contributed by atoms with E-state index in [0.29, 0.717) is 26.1 Å². The van der Waals surface area contributed by atoms with Crippen LogP contribution in [-0.2, 0) is 17.6 Å². The number of aryl methyl sites for hydroxylation is 1. The number of aliphatic carboxylic acids is 1. The molecular weight excluding hydrogens is 336 g/mol. The topological polar surface area (TPSA) is 115 Å². The second-order valence-electron chi connectivity index (χ2n) is 7.10. The van der Waals surface area contributed by atoms with E-state index in [-0.39, 0.29) is 25.3 Å². The van der Waals surface area contributed by atoms with Crippen LogP contribution in [0.25, 0.3) is 0 Å². The van der Waals surface area contributed by atoms with E-state index in [2.05, 4.69) is 21.7 Å². The molecule has 1 aromatic rings. The van der Waals surface area contributed by atoms with Crippen LogP contribution in [0.4, 0.5) is 10.6 Å². The number of nitrogens with one attached hydrogen (secondary N) is 2. The van der Waals surface area contributed by atoms with Gasteiger partial charge in [-0.2, -0.15) is 0 Å². The number of likely N-dealkylation sites (tertiary alicyclic amines) is 1. The Morgan fingerprint density at radius 1 is 1.31 bits per heavy atom. The summed E-state index contributed by atoms with van der Waals surface area (Å²) >= 11 is 0. The summed E-state index contributed by atoms with van der Waals surface area (Å²) in [5.41, 5.74) is 0.974. The molecule has 0 aliphatic carbocycles. The highest BCUT2D eigenvalue weighted by atomic mass is 16.4. The maximum atomic E-state index is 12.2. The standard InChI is InChI=1S/C18H26N4O4/c23-15(24)12-18(26)6-10-22(11-7-18)17(25)20-9-5-14-4-3-13-2-1-8-19-16(13)21-14/h3-4,26H,1-2,5-12H2,(H,19,21)(H,20,25)(H,23,24). The summed E-state index contributed by atoms with van der Waals surface area (Å²) in [7, 11) is 0. The first kappa shape index (κ1) is 18.4. The Labute approximate surface area is 152 Å². The number of hydrogen-bond donors (Lipinski definition) is 4. The molecule has 8 nitrogen and oxygen atoms in total. The molecule has 142 valence electrons. The van der Waals surface area contributed by atoms with Gasteiger partial charge in [0, 0.05) is 38.3 Å². The van der Waals surface area contributed by atoms with E-state index in [4.69, 9.17) is 5.11 Å². The van der Waals surface area contributed by atoms with Crippen molar-refractivity contribution >= 4 is 17.8 Å². The van der Waals surface area contributed by atoms with Crippen LogP contribution in [0.15, 0.2) is 12.1 Å². The number of pyridine rings is 1. The number of urea groups is 1. The van der Waals surface area contributed by atoms with Crippen molar-refractivity contribution in [1.29, 1.82) is 0 Å². The predicted molar refractivity (Wildman–Crippen MR) is 96.2 cm³/mol. The predicted octanol–water partition coefficient (Wildman–Crippen LogP) is 0.993. The van der Waals surface area contributed by atoms with Gasteiger partial charge in [0.1, 0.15) is 5.82 Å². The average Bonchev–Trinajstić information content (AvgIpc) is 2.61. The number of hydrogen-bond acceptors (Lipinski definition) is 5. The first-order valence-corrected chi connectivity index (χ1v) is 9.15. The number of carboxylic acids is 1. The normalized spacial score (nSPS) is 18.6. The Balaban J connectivity index is 1.43. The lowest BCUT2D eigenvalue weighted by atomic mass is 9.88. The summed E-state index contributed by atoms with van der Waals surface area (Å²) in [6.45, 7) is 2.15. The zero-order valence-corrected chi connectivity index (χ0v) is 14.8. The lowest BCUT2D eigenvalue weighted by Gasteiger charge is -2.37. The monoisotopic (exact) mass is 362 g/mol. The molecule has 0 spiro atoms. The number of rotatable bonds is 5. The number of aliphatic hydroxyl groups is 1. The van der Waals surface area contributed by atoms with E-state index in [1.165, 1.54) is 5.56 Å². The molecule has 1 fully saturated rings. The van der Waals surface area contributed by atoms with Gasteiger partial charge in [0.15, 0.2) is 0 Å². The zero-order chi connectivity index (χ0) is 18.6. The molecular formula is C18H26N4O4. The van der Waals surface area contributed by atoms with Crippen molar-refractivity contribution in [2.75, 3.05) is 31.5 Å². The molecule has 2 aliphatic rings. The third-order valence-electron chi connectivity index (χ3n) is 5.07. The van der Waals surface area contributed by atoms with E-state index < -0.39 is 11.6 Å². The number of amides is 2. The Hall–Kier alpha value is -2.35. The second kappa shape index (κ2) is 7.90. The van der Waals surface area contributed by atoms with E-state index in [0.717, 1.165) is 30.9 Å². The van der Waals surface area contributed by atoms with E-state index in [9.17, 15) is 14.7 Å². The van der Waals surface area contributed by atoms with Gasteiger partial charge < -0.3 is 25.7 Å². The summed E-state index contributed by atoms with van der Waals surface area (Å²) in [5.74, 6) is -0.0636. The van der Waals surface area contributed by atoms with Crippen molar-refractivity contribution in [1.82, 2.24) is 15.2 Å². The van der Waals surface area contributed by atoms with Crippen LogP contribution in [-0.4, -0.2) is 63.9 Å². The van der Waals surface area contributed by atoms with Gasteiger partial charge in [0.05, 0.1) is 12.0 Å². The van der Waals surface area contributed by atoms with E-state index in [1.807, 2.05) is 6.07 Å². The first-order chi connectivity index (χ1) is 12.5. The Morgan fingerprint density at radius 2 is 2.08 bits per heavy atom. The van der Waals surface area contributed by atoms with Gasteiger partial charge in [-0.3, -0.25) is 4.79 Å². The van der Waals surface area contributed by atoms with Gasteiger partial charge >= 0.3 is 12.0 Å². The van der Waals surface area contributed by atoms with Crippen molar-refractivity contribution in [2.24, 2.45) is 0 Å². The lowest BCUT2D eigenvalue weighted by molar-refractivity contribution is -0.144. The Bertz CT molecular complexity index is 671. The first-order valence-electron chi connectivity index (χ1n) is 9.15. The molecule has 8 heteroatoms. The minimum absolute atomic E-state index is 0.182. The molecule has 4 N–H and O–H groups in total. The summed E-state index contributed by atoms with van der Waals surface area (Å²) in [6, 6.07) is 3.92. The highest BCUT2D eigenvalue weighted by molar-refractivity contribution is 5.74. The largest absolute Gasteiger partial charge is 0.481 e. The quantitative estimate of drug-likeness (QED) is 0.621. The molecule has 3 heterocycles. The van der Waals surface area contributed by atoms with Crippen LogP contribution in [0.1, 0.15) is 36.9 Å². The van der Waals surface area contributed by atoms with Crippen molar-refractivity contribution in [3.8, 4) is 0 Å². The molecule has 26 heavy (non-hydrogen) atoms. The number of carbonyl (C=O) groups excluding carboxylic acids is 1. The van der Waals surface area contributed by atoms with Crippen molar-refractivity contribution in [2.45, 2.75) is 44.1 Å². The Kier molecular flexibility index (Phi) is 5.61. The van der Waals surface area contributed by atoms with Gasteiger partial charge in [-0.25, -0.2) is 9.78 Å². The maximum absolute atomic E-state index is 12.2. The third kappa shape index (κ3) is 4.63. The van der Waals surface area contributed by atoms with Gasteiger partial charge in [-0.05, 0) is 37.3 Å². The summed E-state index contributed by atoms with van der Waals surface area (Å²) in [4.78, 5) is 29.3. The molecule has 0 aromatic carbocycles. The van der Waals surface area contributed by atoms with Crippen molar-refractivity contribution in [3.05, 3.63) is 23.4 Å². The van der Waals surface area contributed by atoms with Crippen LogP contribution in [0.2, 0.25) is 0 Å². The average molecular weight is 362 g/mol. The number of anilines is 1. The minimum atomic E-state index is -1.21. The number of fused-ring (bicyclic) bond motifs is 1. The molecule has 0 saturated carbocycles. The summed E-state index contributed by atoms with van der Waals surface area (Å²) in [6.07, 6.45) is 3.12. The SMILES string of the molecule is O=C(O)CC1(O)CCN(C(=O)NCCc2ccc3c(n2)NCCC3)CC1. The highest BCUT2D eigenvalue weighted by Gasteiger charge is 2.35. The molecule has 1 saturated heterocycles. The van der Waals surface area contributed by atoms with Crippen molar-refractivity contribution in [3.63, 3.8) is 0 Å². The van der Waals surface area contributed by atoms with Crippen LogP contribution >= 0.6 is 0 Å². The van der Waals surface area contributed by atoms with Crippen LogP contribution in [0.5, 0.6) is 0 Å². The van der Waals surface area contributed by atoms with Gasteiger partial charge in [0.2, 0.25) is 0 Å². The van der Waals surface area contributed by atoms with Crippen molar-refractivity contribution < 1.29 is 19.8 Å². The number of piperidine rings is 1. The number of nitrogens with zero attached hydrogens (tertiary/aromatic N) is 2. The maximum Gasteiger partial charge on any atom is 0.317 e. The molecule has 0 radical (unpaired) electrons. The van der Waals surface area contributed by atoms with Crippen LogP contribution in [0.3, 0.4) is 0 Å². The van der Waals surface area contributed by atoms with E-state index in [1.54, 1.807) is 4.90 Å². The molecule has 0 bridgehead atoms. The smallest absolute Gasteiger partial charge is 0.317 e. The molecule has 2 aliphatic heterocycles. The zero-order valence-electron chi connectivity index (χ0n) is 14.8. The molecule has 1 aromatic heterocycles. The molecule has 0 unspecified atom stereocenters. The second-order valence-corrected chi connectivity index (χ2v) is 7.10. The molecule has 0 atom stereocenters. The Morgan fingerprint density at radius 3 is 2.81 bits per heavy atom. The van der Waals surface area contributed by atoms with Gasteiger partial charge in [-0.15, -0.1) is 0 Å². The minimum Gasteiger partial charge on any atom is -0.481 e. The fourth-order valence-electron chi connectivity index (χ4n) is 3.50. The third-order valence-corrected chi connectivity index (χ3v) is 5.07. The highest BCUT2D eigenvalue weighted by Crippen LogP contribution is 2.25. The number of carbonyl (C=O) groups is 2. The lowest BCUT2D eigenvalue weighted by Crippen LogP contribution is -2.50. The summed E-state index contributed by atoms with van der Waals surface area (Å²) in [5, 5.41) is 25.2. The van der Waals surface area contributed by atoms with Gasteiger partial charge in [0.25, 0.3) is 0 Å². The summed E-state index contributed by atoms with van der Waals surface area (Å²) < 4.78 is 0. The van der Waals surface area contributed by atoms with Gasteiger partial charge in [-0.1, -0.05) is 6.07 Å². The fraction of sp³-hybridized carbons (Fsp3) is 0.611.